The van der Waals surface area contributed by atoms with Gasteiger partial charge < -0.3 is 20.7 Å². The fourth-order valence-corrected chi connectivity index (χ4v) is 4.60. The number of fused-ring (bicyclic) bond motifs is 4. The quantitative estimate of drug-likeness (QED) is 0.430. The molecule has 1 fully saturated rings. The van der Waals surface area contributed by atoms with Gasteiger partial charge in [-0.3, -0.25) is 24.2 Å². The Morgan fingerprint density at radius 1 is 1.05 bits per heavy atom. The first-order valence-electron chi connectivity index (χ1n) is 13.4. The first kappa shape index (κ1) is 28.3. The smallest absolute Gasteiger partial charge is 0.258 e. The van der Waals surface area contributed by atoms with Crippen LogP contribution in [0.1, 0.15) is 53.0 Å². The summed E-state index contributed by atoms with van der Waals surface area (Å²) in [6.45, 7) is 9.48. The van der Waals surface area contributed by atoms with Crippen LogP contribution in [0, 0.1) is 11.3 Å². The van der Waals surface area contributed by atoms with Gasteiger partial charge in [0.05, 0.1) is 5.41 Å². The molecular weight excluding hydrogens is 500 g/mol. The molecule has 1 saturated heterocycles. The molecule has 3 heterocycles. The summed E-state index contributed by atoms with van der Waals surface area (Å²) in [5.41, 5.74) is 2.95. The third kappa shape index (κ3) is 6.65. The maximum Gasteiger partial charge on any atom is 0.258 e. The summed E-state index contributed by atoms with van der Waals surface area (Å²) in [5.74, 6) is -1.24. The number of rotatable bonds is 1. The number of carbonyl (C=O) groups is 4. The van der Waals surface area contributed by atoms with E-state index in [4.69, 9.17) is 4.74 Å². The highest BCUT2D eigenvalue weighted by atomic mass is 16.5. The lowest BCUT2D eigenvalue weighted by atomic mass is 9.92. The van der Waals surface area contributed by atoms with Crippen LogP contribution in [0.4, 0.5) is 0 Å². The van der Waals surface area contributed by atoms with Crippen LogP contribution in [-0.2, 0) is 25.7 Å². The highest BCUT2D eigenvalue weighted by Crippen LogP contribution is 2.23. The summed E-state index contributed by atoms with van der Waals surface area (Å²) >= 11 is 0. The van der Waals surface area contributed by atoms with Gasteiger partial charge in [0.15, 0.2) is 0 Å². The standard InChI is InChI=1S/C28H38N6O5/c1-16(2)23-25(36)31-17(3)26(37)34-10-6-7-21(33-34)24(35)30-13-18-8-9-19-14-29-22(12-20(19)11-18)39-15-28(4,5)27(38)32-23/h8-9,11-12,14,16-17,21,23,33H,6-7,10,13,15H2,1-5H3,(H,30,35)(H,31,36)(H,32,38). The Morgan fingerprint density at radius 3 is 2.56 bits per heavy atom. The van der Waals surface area contributed by atoms with Gasteiger partial charge >= 0.3 is 0 Å². The van der Waals surface area contributed by atoms with E-state index in [1.807, 2.05) is 32.0 Å². The van der Waals surface area contributed by atoms with E-state index in [0.29, 0.717) is 31.8 Å². The van der Waals surface area contributed by atoms with Crippen molar-refractivity contribution >= 4 is 34.4 Å². The normalized spacial score (nSPS) is 25.1. The zero-order valence-corrected chi connectivity index (χ0v) is 23.2. The maximum atomic E-state index is 13.2. The first-order chi connectivity index (χ1) is 18.4. The van der Waals surface area contributed by atoms with Crippen molar-refractivity contribution in [3.05, 3.63) is 36.0 Å². The van der Waals surface area contributed by atoms with Crippen LogP contribution in [0.3, 0.4) is 0 Å². The second kappa shape index (κ2) is 11.6. The number of nitrogens with one attached hydrogen (secondary N) is 4. The monoisotopic (exact) mass is 538 g/mol. The molecule has 2 aliphatic rings. The molecule has 11 heteroatoms. The van der Waals surface area contributed by atoms with Crippen LogP contribution in [0.2, 0.25) is 0 Å². The Bertz CT molecular complexity index is 1260. The molecule has 2 aromatic rings. The lowest BCUT2D eigenvalue weighted by Crippen LogP contribution is -2.62. The Morgan fingerprint density at radius 2 is 1.82 bits per heavy atom. The molecular formula is C28H38N6O5. The van der Waals surface area contributed by atoms with Crippen LogP contribution in [0.5, 0.6) is 5.88 Å². The number of nitrogens with zero attached hydrogens (tertiary/aromatic N) is 2. The van der Waals surface area contributed by atoms with Crippen LogP contribution >= 0.6 is 0 Å². The fraction of sp³-hybridized carbons (Fsp3) is 0.536. The highest BCUT2D eigenvalue weighted by molar-refractivity contribution is 5.93. The molecule has 0 aliphatic carbocycles. The van der Waals surface area contributed by atoms with Gasteiger partial charge in [-0.25, -0.2) is 10.4 Å². The van der Waals surface area contributed by atoms with Gasteiger partial charge in [-0.15, -0.1) is 0 Å². The number of amides is 4. The molecule has 4 amide bonds. The number of carbonyl (C=O) groups excluding carboxylic acids is 4. The summed E-state index contributed by atoms with van der Waals surface area (Å²) < 4.78 is 5.91. The third-order valence-corrected chi connectivity index (χ3v) is 7.16. The lowest BCUT2D eigenvalue weighted by molar-refractivity contribution is -0.143. The van der Waals surface area contributed by atoms with E-state index in [-0.39, 0.29) is 30.2 Å². The van der Waals surface area contributed by atoms with Crippen LogP contribution in [0.15, 0.2) is 30.5 Å². The number of pyridine rings is 1. The van der Waals surface area contributed by atoms with Gasteiger partial charge in [-0.05, 0) is 56.5 Å². The summed E-state index contributed by atoms with van der Waals surface area (Å²) in [7, 11) is 0. The Labute approximate surface area is 228 Å². The Kier molecular flexibility index (Phi) is 8.39. The second-order valence-electron chi connectivity index (χ2n) is 11.3. The number of hydrogen-bond donors (Lipinski definition) is 4. The van der Waals surface area contributed by atoms with Crippen molar-refractivity contribution in [1.82, 2.24) is 31.4 Å². The topological polar surface area (TPSA) is 142 Å². The van der Waals surface area contributed by atoms with E-state index in [1.165, 1.54) is 5.01 Å². The van der Waals surface area contributed by atoms with E-state index >= 15 is 0 Å². The number of benzene rings is 1. The third-order valence-electron chi connectivity index (χ3n) is 7.16. The van der Waals surface area contributed by atoms with E-state index in [9.17, 15) is 19.2 Å². The number of hydrogen-bond acceptors (Lipinski definition) is 7. The molecule has 3 atom stereocenters. The minimum atomic E-state index is -0.969. The molecule has 210 valence electrons. The van der Waals surface area contributed by atoms with Crippen molar-refractivity contribution < 1.29 is 23.9 Å². The largest absolute Gasteiger partial charge is 0.477 e. The van der Waals surface area contributed by atoms with E-state index < -0.39 is 29.4 Å². The number of ether oxygens (including phenoxy) is 1. The molecule has 5 bridgehead atoms. The van der Waals surface area contributed by atoms with Gasteiger partial charge in [0.2, 0.25) is 23.6 Å². The summed E-state index contributed by atoms with van der Waals surface area (Å²) in [6, 6.07) is 5.32. The van der Waals surface area contributed by atoms with Gasteiger partial charge in [-0.2, -0.15) is 0 Å². The van der Waals surface area contributed by atoms with Crippen LogP contribution in [-0.4, -0.2) is 64.9 Å². The van der Waals surface area contributed by atoms with Crippen LogP contribution in [0.25, 0.3) is 10.8 Å². The second-order valence-corrected chi connectivity index (χ2v) is 11.3. The van der Waals surface area contributed by atoms with E-state index in [0.717, 1.165) is 16.3 Å². The molecule has 3 unspecified atom stereocenters. The predicted molar refractivity (Wildman–Crippen MR) is 145 cm³/mol. The zero-order valence-electron chi connectivity index (χ0n) is 23.2. The molecule has 11 nitrogen and oxygen atoms in total. The molecule has 0 saturated carbocycles. The van der Waals surface area contributed by atoms with E-state index in [1.54, 1.807) is 33.0 Å². The van der Waals surface area contributed by atoms with Crippen molar-refractivity contribution in [2.45, 2.75) is 72.1 Å². The fourth-order valence-electron chi connectivity index (χ4n) is 4.60. The number of aromatic nitrogens is 1. The first-order valence-corrected chi connectivity index (χ1v) is 13.4. The molecule has 1 aromatic heterocycles. The minimum Gasteiger partial charge on any atom is -0.477 e. The molecule has 4 N–H and O–H groups in total. The minimum absolute atomic E-state index is 0.0381. The average Bonchev–Trinajstić information content (AvgIpc) is 2.91. The molecule has 4 rings (SSSR count). The highest BCUT2D eigenvalue weighted by Gasteiger charge is 2.36. The van der Waals surface area contributed by atoms with Gasteiger partial charge in [-0.1, -0.05) is 26.0 Å². The molecule has 1 aromatic carbocycles. The molecule has 39 heavy (non-hydrogen) atoms. The number of hydrazine groups is 1. The maximum absolute atomic E-state index is 13.2. The van der Waals surface area contributed by atoms with Crippen molar-refractivity contribution in [1.29, 1.82) is 0 Å². The zero-order chi connectivity index (χ0) is 28.3. The Balaban J connectivity index is 1.63. The van der Waals surface area contributed by atoms with Gasteiger partial charge in [0.1, 0.15) is 24.7 Å². The van der Waals surface area contributed by atoms with Crippen molar-refractivity contribution in [3.8, 4) is 5.88 Å². The van der Waals surface area contributed by atoms with Gasteiger partial charge in [0.25, 0.3) is 5.91 Å². The van der Waals surface area contributed by atoms with Crippen molar-refractivity contribution in [2.75, 3.05) is 13.2 Å². The van der Waals surface area contributed by atoms with Crippen molar-refractivity contribution in [3.63, 3.8) is 0 Å². The molecule has 2 aliphatic heterocycles. The summed E-state index contributed by atoms with van der Waals surface area (Å²) in [5, 5.41) is 11.7. The SMILES string of the molecule is CC1NC(=O)C(C(C)C)NC(=O)C(C)(C)COc2cc3cc(ccc3cn2)CNC(=O)C2CCCN(N2)C1=O. The molecule has 0 spiro atoms. The van der Waals surface area contributed by atoms with E-state index in [2.05, 4.69) is 26.4 Å². The summed E-state index contributed by atoms with van der Waals surface area (Å²) in [4.78, 5) is 56.8. The Hall–Kier alpha value is -3.73. The summed E-state index contributed by atoms with van der Waals surface area (Å²) in [6.07, 6.45) is 2.92. The van der Waals surface area contributed by atoms with Crippen molar-refractivity contribution in [2.24, 2.45) is 11.3 Å². The predicted octanol–water partition coefficient (Wildman–Crippen LogP) is 1.41. The van der Waals surface area contributed by atoms with Crippen LogP contribution < -0.4 is 26.1 Å². The van der Waals surface area contributed by atoms with Gasteiger partial charge in [0, 0.05) is 30.7 Å². The lowest BCUT2D eigenvalue weighted by Gasteiger charge is -2.35. The average molecular weight is 539 g/mol. The molecule has 0 radical (unpaired) electrons.